The van der Waals surface area contributed by atoms with Crippen LogP contribution in [0.1, 0.15) is 47.8 Å². The van der Waals surface area contributed by atoms with Gasteiger partial charge in [0, 0.05) is 31.9 Å². The van der Waals surface area contributed by atoms with E-state index in [4.69, 9.17) is 0 Å². The number of sulfonamides is 1. The van der Waals surface area contributed by atoms with Crippen molar-refractivity contribution in [3.05, 3.63) is 58.4 Å². The van der Waals surface area contributed by atoms with Gasteiger partial charge in [-0.1, -0.05) is 26.0 Å². The van der Waals surface area contributed by atoms with Gasteiger partial charge in [-0.25, -0.2) is 13.1 Å². The third-order valence-corrected chi connectivity index (χ3v) is 8.61. The van der Waals surface area contributed by atoms with Crippen molar-refractivity contribution in [2.24, 2.45) is 0 Å². The summed E-state index contributed by atoms with van der Waals surface area (Å²) in [6.07, 6.45) is 0. The highest BCUT2D eigenvalue weighted by Crippen LogP contribution is 2.26. The summed E-state index contributed by atoms with van der Waals surface area (Å²) in [6.45, 7) is 14.0. The summed E-state index contributed by atoms with van der Waals surface area (Å²) >= 11 is 0. The number of hydrogen-bond acceptors (Lipinski definition) is 6. The topological polar surface area (TPSA) is 84.2 Å². The second-order valence-corrected chi connectivity index (χ2v) is 10.9. The predicted molar refractivity (Wildman–Crippen MR) is 130 cm³/mol. The molecule has 3 aromatic rings. The Kier molecular flexibility index (Phi) is 6.28. The molecule has 1 aromatic carbocycles. The van der Waals surface area contributed by atoms with Crippen molar-refractivity contribution < 1.29 is 8.42 Å². The summed E-state index contributed by atoms with van der Waals surface area (Å²) in [6, 6.07) is 9.57. The van der Waals surface area contributed by atoms with Crippen LogP contribution in [0.5, 0.6) is 0 Å². The first kappa shape index (κ1) is 23.4. The minimum absolute atomic E-state index is 0.274. The van der Waals surface area contributed by atoms with Gasteiger partial charge in [0.05, 0.1) is 10.6 Å². The zero-order chi connectivity index (χ0) is 23.9. The highest BCUT2D eigenvalue weighted by molar-refractivity contribution is 7.89. The van der Waals surface area contributed by atoms with Crippen LogP contribution in [0.25, 0.3) is 5.82 Å². The van der Waals surface area contributed by atoms with E-state index in [-0.39, 0.29) is 5.92 Å². The van der Waals surface area contributed by atoms with Gasteiger partial charge in [-0.15, -0.1) is 10.2 Å². The molecular weight excluding hydrogens is 436 g/mol. The highest BCUT2D eigenvalue weighted by atomic mass is 32.2. The number of benzene rings is 1. The van der Waals surface area contributed by atoms with Crippen LogP contribution in [0.15, 0.2) is 35.2 Å². The lowest BCUT2D eigenvalue weighted by atomic mass is 10.0. The normalized spacial score (nSPS) is 15.4. The molecule has 1 saturated heterocycles. The highest BCUT2D eigenvalue weighted by Gasteiger charge is 2.30. The van der Waals surface area contributed by atoms with Gasteiger partial charge in [-0.2, -0.15) is 9.40 Å². The molecule has 8 nitrogen and oxygen atoms in total. The van der Waals surface area contributed by atoms with E-state index >= 15 is 0 Å². The van der Waals surface area contributed by atoms with E-state index in [9.17, 15) is 8.42 Å². The van der Waals surface area contributed by atoms with Crippen molar-refractivity contribution in [1.82, 2.24) is 24.3 Å². The average molecular weight is 469 g/mol. The van der Waals surface area contributed by atoms with Crippen molar-refractivity contribution >= 4 is 15.8 Å². The standard InChI is InChI=1S/C24H32N6O2S/c1-16(2)21-8-7-17(3)22(15-21)33(31,32)29-13-11-28(12-14-29)23-9-10-24(26-25-23)30-20(6)18(4)19(5)27-30/h7-10,15-16H,11-14H2,1-6H3. The van der Waals surface area contributed by atoms with E-state index in [1.54, 1.807) is 8.99 Å². The van der Waals surface area contributed by atoms with Crippen LogP contribution in [-0.2, 0) is 10.0 Å². The Morgan fingerprint density at radius 1 is 0.879 bits per heavy atom. The van der Waals surface area contributed by atoms with E-state index in [1.165, 1.54) is 0 Å². The first-order valence-corrected chi connectivity index (χ1v) is 12.8. The van der Waals surface area contributed by atoms with E-state index < -0.39 is 10.0 Å². The summed E-state index contributed by atoms with van der Waals surface area (Å²) < 4.78 is 30.1. The molecule has 0 bridgehead atoms. The zero-order valence-electron chi connectivity index (χ0n) is 20.2. The van der Waals surface area contributed by atoms with Gasteiger partial charge in [0.1, 0.15) is 0 Å². The number of aromatic nitrogens is 4. The maximum Gasteiger partial charge on any atom is 0.243 e. The fraction of sp³-hybridized carbons (Fsp3) is 0.458. The lowest BCUT2D eigenvalue weighted by molar-refractivity contribution is 0.383. The van der Waals surface area contributed by atoms with Crippen LogP contribution in [0.4, 0.5) is 5.82 Å². The van der Waals surface area contributed by atoms with Crippen molar-refractivity contribution in [3.63, 3.8) is 0 Å². The van der Waals surface area contributed by atoms with E-state index in [2.05, 4.69) is 34.0 Å². The molecule has 4 rings (SSSR count). The molecule has 2 aromatic heterocycles. The zero-order valence-corrected chi connectivity index (χ0v) is 21.0. The minimum atomic E-state index is -3.54. The lowest BCUT2D eigenvalue weighted by Gasteiger charge is -2.34. The second kappa shape index (κ2) is 8.87. The molecule has 0 aliphatic carbocycles. The van der Waals surface area contributed by atoms with Gasteiger partial charge >= 0.3 is 0 Å². The van der Waals surface area contributed by atoms with Crippen LogP contribution in [0.3, 0.4) is 0 Å². The molecule has 1 fully saturated rings. The van der Waals surface area contributed by atoms with Gasteiger partial charge in [0.2, 0.25) is 10.0 Å². The van der Waals surface area contributed by atoms with E-state index in [0.717, 1.165) is 33.9 Å². The van der Waals surface area contributed by atoms with Gasteiger partial charge in [0.15, 0.2) is 11.6 Å². The van der Waals surface area contributed by atoms with E-state index in [1.807, 2.05) is 58.0 Å². The first-order chi connectivity index (χ1) is 15.6. The molecular formula is C24H32N6O2S. The summed E-state index contributed by atoms with van der Waals surface area (Å²) in [7, 11) is -3.54. The summed E-state index contributed by atoms with van der Waals surface area (Å²) in [5.41, 5.74) is 4.98. The summed E-state index contributed by atoms with van der Waals surface area (Å²) in [5.74, 6) is 1.69. The SMILES string of the molecule is Cc1ccc(C(C)C)cc1S(=O)(=O)N1CCN(c2ccc(-n3nc(C)c(C)c3C)nn2)CC1. The number of aryl methyl sites for hydroxylation is 2. The Morgan fingerprint density at radius 2 is 1.52 bits per heavy atom. The average Bonchev–Trinajstić information content (AvgIpc) is 3.06. The number of hydrogen-bond donors (Lipinski definition) is 0. The molecule has 0 saturated carbocycles. The molecule has 9 heteroatoms. The fourth-order valence-corrected chi connectivity index (χ4v) is 5.78. The van der Waals surface area contributed by atoms with Gasteiger partial charge in [-0.3, -0.25) is 0 Å². The molecule has 0 amide bonds. The Morgan fingerprint density at radius 3 is 2.06 bits per heavy atom. The smallest absolute Gasteiger partial charge is 0.243 e. The Bertz CT molecular complexity index is 1260. The molecule has 0 unspecified atom stereocenters. The fourth-order valence-electron chi connectivity index (χ4n) is 4.09. The number of piperazine rings is 1. The van der Waals surface area contributed by atoms with Crippen LogP contribution >= 0.6 is 0 Å². The molecule has 3 heterocycles. The minimum Gasteiger partial charge on any atom is -0.352 e. The molecule has 176 valence electrons. The third-order valence-electron chi connectivity index (χ3n) is 6.57. The molecule has 33 heavy (non-hydrogen) atoms. The van der Waals surface area contributed by atoms with Crippen molar-refractivity contribution in [1.29, 1.82) is 0 Å². The van der Waals surface area contributed by atoms with E-state index in [0.29, 0.717) is 36.9 Å². The van der Waals surface area contributed by atoms with Crippen LogP contribution in [0.2, 0.25) is 0 Å². The van der Waals surface area contributed by atoms with Gasteiger partial charge < -0.3 is 4.90 Å². The molecule has 0 atom stereocenters. The number of rotatable bonds is 5. The Labute approximate surface area is 196 Å². The predicted octanol–water partition coefficient (Wildman–Crippen LogP) is 3.53. The maximum atomic E-state index is 13.4. The summed E-state index contributed by atoms with van der Waals surface area (Å²) in [4.78, 5) is 2.48. The van der Waals surface area contributed by atoms with Crippen molar-refractivity contribution in [2.45, 2.75) is 52.4 Å². The first-order valence-electron chi connectivity index (χ1n) is 11.3. The quantitative estimate of drug-likeness (QED) is 0.570. The number of anilines is 1. The molecule has 0 N–H and O–H groups in total. The lowest BCUT2D eigenvalue weighted by Crippen LogP contribution is -2.49. The maximum absolute atomic E-state index is 13.4. The van der Waals surface area contributed by atoms with Crippen LogP contribution in [-0.4, -0.2) is 58.9 Å². The van der Waals surface area contributed by atoms with Gasteiger partial charge in [-0.05, 0) is 68.5 Å². The largest absolute Gasteiger partial charge is 0.352 e. The second-order valence-electron chi connectivity index (χ2n) is 9.03. The number of nitrogens with zero attached hydrogens (tertiary/aromatic N) is 6. The molecule has 1 aliphatic heterocycles. The molecule has 0 radical (unpaired) electrons. The molecule has 1 aliphatic rings. The third kappa shape index (κ3) is 4.39. The van der Waals surface area contributed by atoms with Crippen LogP contribution < -0.4 is 4.90 Å². The molecule has 0 spiro atoms. The Hall–Kier alpha value is -2.78. The van der Waals surface area contributed by atoms with Crippen molar-refractivity contribution in [3.8, 4) is 5.82 Å². The van der Waals surface area contributed by atoms with Gasteiger partial charge in [0.25, 0.3) is 0 Å². The Balaban J connectivity index is 1.48. The van der Waals surface area contributed by atoms with Crippen molar-refractivity contribution in [2.75, 3.05) is 31.1 Å². The summed E-state index contributed by atoms with van der Waals surface area (Å²) in [5, 5.41) is 13.3. The monoisotopic (exact) mass is 468 g/mol. The van der Waals surface area contributed by atoms with Crippen LogP contribution in [0, 0.1) is 27.7 Å².